The third kappa shape index (κ3) is 2.72. The van der Waals surface area contributed by atoms with Crippen molar-refractivity contribution in [3.8, 4) is 0 Å². The van der Waals surface area contributed by atoms with E-state index in [1.807, 2.05) is 0 Å². The Balaban J connectivity index is 1.92. The molecule has 0 fully saturated rings. The van der Waals surface area contributed by atoms with Crippen LogP contribution in [-0.2, 0) is 5.75 Å². The molecule has 1 aliphatic rings. The predicted molar refractivity (Wildman–Crippen MR) is 81.3 cm³/mol. The maximum atomic E-state index is 13.2. The van der Waals surface area contributed by atoms with Gasteiger partial charge >= 0.3 is 0 Å². The van der Waals surface area contributed by atoms with E-state index in [-0.39, 0.29) is 11.5 Å². The van der Waals surface area contributed by atoms with Crippen LogP contribution in [0.3, 0.4) is 0 Å². The van der Waals surface area contributed by atoms with E-state index in [2.05, 4.69) is 4.98 Å². The second kappa shape index (κ2) is 5.73. The van der Waals surface area contributed by atoms with Crippen LogP contribution in [0.5, 0.6) is 0 Å². The SMILES string of the molecule is Cc1cc2c(c(SCc3ccc(F)c(F)c3)n1)C(=O)N(C)C2=O. The van der Waals surface area contributed by atoms with Crippen molar-refractivity contribution >= 4 is 23.6 Å². The number of benzene rings is 1. The second-order valence-electron chi connectivity index (χ2n) is 5.20. The summed E-state index contributed by atoms with van der Waals surface area (Å²) in [5.41, 5.74) is 1.79. The number of hydrogen-bond acceptors (Lipinski definition) is 4. The second-order valence-corrected chi connectivity index (χ2v) is 6.16. The number of pyridine rings is 1. The molecule has 1 aromatic heterocycles. The van der Waals surface area contributed by atoms with Crippen molar-refractivity contribution in [2.24, 2.45) is 0 Å². The number of halogens is 2. The zero-order valence-corrected chi connectivity index (χ0v) is 13.2. The van der Waals surface area contributed by atoms with Crippen LogP contribution in [0.4, 0.5) is 8.78 Å². The van der Waals surface area contributed by atoms with Crippen LogP contribution in [0.25, 0.3) is 0 Å². The van der Waals surface area contributed by atoms with Crippen LogP contribution < -0.4 is 0 Å². The van der Waals surface area contributed by atoms with Gasteiger partial charge in [0.2, 0.25) is 0 Å². The molecule has 0 radical (unpaired) electrons. The van der Waals surface area contributed by atoms with Gasteiger partial charge in [-0.15, -0.1) is 11.8 Å². The van der Waals surface area contributed by atoms with Crippen LogP contribution in [-0.4, -0.2) is 28.7 Å². The van der Waals surface area contributed by atoms with Crippen molar-refractivity contribution in [2.75, 3.05) is 7.05 Å². The standard InChI is InChI=1S/C16H12F2N2O2S/c1-8-5-10-13(16(22)20(2)15(10)21)14(19-8)23-7-9-3-4-11(17)12(18)6-9/h3-6H,7H2,1-2H3. The highest BCUT2D eigenvalue weighted by atomic mass is 32.2. The predicted octanol–water partition coefficient (Wildman–Crippen LogP) is 3.19. The summed E-state index contributed by atoms with van der Waals surface area (Å²) in [6, 6.07) is 5.22. The van der Waals surface area contributed by atoms with Crippen LogP contribution in [0.1, 0.15) is 32.0 Å². The van der Waals surface area contributed by atoms with Gasteiger partial charge in [0.1, 0.15) is 5.03 Å². The number of carbonyl (C=O) groups is 2. The van der Waals surface area contributed by atoms with Gasteiger partial charge < -0.3 is 0 Å². The van der Waals surface area contributed by atoms with E-state index in [0.717, 1.165) is 17.0 Å². The Morgan fingerprint density at radius 2 is 1.87 bits per heavy atom. The maximum absolute atomic E-state index is 13.2. The normalized spacial score (nSPS) is 13.7. The third-order valence-electron chi connectivity index (χ3n) is 3.53. The number of aryl methyl sites for hydroxylation is 1. The average Bonchev–Trinajstić information content (AvgIpc) is 2.73. The lowest BCUT2D eigenvalue weighted by atomic mass is 10.1. The van der Waals surface area contributed by atoms with Gasteiger partial charge in [-0.3, -0.25) is 14.5 Å². The smallest absolute Gasteiger partial charge is 0.264 e. The zero-order chi connectivity index (χ0) is 16.7. The minimum Gasteiger partial charge on any atom is -0.277 e. The van der Waals surface area contributed by atoms with E-state index in [1.54, 1.807) is 13.0 Å². The van der Waals surface area contributed by atoms with E-state index in [1.165, 1.54) is 24.9 Å². The van der Waals surface area contributed by atoms with E-state index >= 15 is 0 Å². The summed E-state index contributed by atoms with van der Waals surface area (Å²) in [5, 5.41) is 0.424. The summed E-state index contributed by atoms with van der Waals surface area (Å²) in [6.45, 7) is 1.73. The molecule has 2 aromatic rings. The molecule has 0 aliphatic carbocycles. The molecule has 23 heavy (non-hydrogen) atoms. The lowest BCUT2D eigenvalue weighted by Crippen LogP contribution is -2.24. The van der Waals surface area contributed by atoms with Gasteiger partial charge in [0.05, 0.1) is 11.1 Å². The summed E-state index contributed by atoms with van der Waals surface area (Å²) >= 11 is 1.22. The molecule has 2 amide bonds. The molecule has 3 rings (SSSR count). The van der Waals surface area contributed by atoms with Crippen LogP contribution in [0.2, 0.25) is 0 Å². The van der Waals surface area contributed by atoms with Gasteiger partial charge in [-0.05, 0) is 30.7 Å². The lowest BCUT2D eigenvalue weighted by molar-refractivity contribution is 0.0692. The number of aromatic nitrogens is 1. The van der Waals surface area contributed by atoms with Gasteiger partial charge in [-0.1, -0.05) is 6.07 Å². The van der Waals surface area contributed by atoms with Crippen molar-refractivity contribution in [3.05, 3.63) is 58.3 Å². The van der Waals surface area contributed by atoms with Crippen LogP contribution in [0, 0.1) is 18.6 Å². The molecule has 0 saturated heterocycles. The highest BCUT2D eigenvalue weighted by molar-refractivity contribution is 7.98. The largest absolute Gasteiger partial charge is 0.277 e. The molecule has 1 aliphatic heterocycles. The summed E-state index contributed by atoms with van der Waals surface area (Å²) in [4.78, 5) is 29.6. The van der Waals surface area contributed by atoms with Crippen LogP contribution >= 0.6 is 11.8 Å². The summed E-state index contributed by atoms with van der Waals surface area (Å²) in [7, 11) is 1.42. The first kappa shape index (κ1) is 15.6. The molecule has 2 heterocycles. The first-order chi connectivity index (χ1) is 10.9. The minimum absolute atomic E-state index is 0.274. The fourth-order valence-electron chi connectivity index (χ4n) is 2.35. The average molecular weight is 334 g/mol. The Hall–Kier alpha value is -2.28. The van der Waals surface area contributed by atoms with E-state index in [0.29, 0.717) is 27.6 Å². The molecular formula is C16H12F2N2O2S. The van der Waals surface area contributed by atoms with Gasteiger partial charge in [0.25, 0.3) is 11.8 Å². The van der Waals surface area contributed by atoms with Gasteiger partial charge in [0, 0.05) is 18.5 Å². The highest BCUT2D eigenvalue weighted by Gasteiger charge is 2.36. The van der Waals surface area contributed by atoms with Crippen LogP contribution in [0.15, 0.2) is 29.3 Å². The molecule has 0 unspecified atom stereocenters. The molecule has 0 saturated carbocycles. The number of nitrogens with zero attached hydrogens (tertiary/aromatic N) is 2. The topological polar surface area (TPSA) is 50.3 Å². The fourth-order valence-corrected chi connectivity index (χ4v) is 3.38. The molecule has 1 aromatic carbocycles. The number of imide groups is 1. The lowest BCUT2D eigenvalue weighted by Gasteiger charge is -2.07. The minimum atomic E-state index is -0.920. The Labute approximate surface area is 135 Å². The number of carbonyl (C=O) groups excluding carboxylic acids is 2. The third-order valence-corrected chi connectivity index (χ3v) is 4.57. The monoisotopic (exact) mass is 334 g/mol. The Morgan fingerprint density at radius 3 is 2.57 bits per heavy atom. The molecule has 0 atom stereocenters. The molecule has 0 bridgehead atoms. The number of hydrogen-bond donors (Lipinski definition) is 0. The molecule has 0 N–H and O–H groups in total. The number of fused-ring (bicyclic) bond motifs is 1. The maximum Gasteiger partial charge on any atom is 0.264 e. The Morgan fingerprint density at radius 1 is 1.13 bits per heavy atom. The molecule has 0 spiro atoms. The van der Waals surface area contributed by atoms with Crippen molar-refractivity contribution < 1.29 is 18.4 Å². The van der Waals surface area contributed by atoms with Gasteiger partial charge in [-0.2, -0.15) is 0 Å². The van der Waals surface area contributed by atoms with Gasteiger partial charge in [-0.25, -0.2) is 13.8 Å². The number of rotatable bonds is 3. The van der Waals surface area contributed by atoms with Crippen molar-refractivity contribution in [2.45, 2.75) is 17.7 Å². The quantitative estimate of drug-likeness (QED) is 0.639. The first-order valence-electron chi connectivity index (χ1n) is 6.79. The molecule has 4 nitrogen and oxygen atoms in total. The highest BCUT2D eigenvalue weighted by Crippen LogP contribution is 2.32. The zero-order valence-electron chi connectivity index (χ0n) is 12.4. The van der Waals surface area contributed by atoms with E-state index < -0.39 is 17.5 Å². The summed E-state index contributed by atoms with van der Waals surface area (Å²) in [6.07, 6.45) is 0. The summed E-state index contributed by atoms with van der Waals surface area (Å²) in [5.74, 6) is -2.27. The fraction of sp³-hybridized carbons (Fsp3) is 0.188. The Bertz CT molecular complexity index is 839. The Kier molecular flexibility index (Phi) is 3.89. The van der Waals surface area contributed by atoms with Crippen molar-refractivity contribution in [3.63, 3.8) is 0 Å². The molecule has 7 heteroatoms. The molecular weight excluding hydrogens is 322 g/mol. The number of amides is 2. The van der Waals surface area contributed by atoms with Gasteiger partial charge in [0.15, 0.2) is 11.6 Å². The van der Waals surface area contributed by atoms with E-state index in [9.17, 15) is 18.4 Å². The van der Waals surface area contributed by atoms with Crippen molar-refractivity contribution in [1.82, 2.24) is 9.88 Å². The van der Waals surface area contributed by atoms with Crippen molar-refractivity contribution in [1.29, 1.82) is 0 Å². The number of thioether (sulfide) groups is 1. The summed E-state index contributed by atoms with van der Waals surface area (Å²) < 4.78 is 26.2. The first-order valence-corrected chi connectivity index (χ1v) is 7.78. The molecule has 118 valence electrons. The van der Waals surface area contributed by atoms with E-state index in [4.69, 9.17) is 0 Å².